The number of halogens is 3. The van der Waals surface area contributed by atoms with Crippen LogP contribution in [0.4, 0.5) is 13.2 Å². The molecule has 0 saturated heterocycles. The fraction of sp³-hybridized carbons (Fsp3) is 0.308. The molecule has 0 atom stereocenters. The molecule has 0 saturated carbocycles. The second-order valence-electron chi connectivity index (χ2n) is 4.21. The Bertz CT molecular complexity index is 606. The molecule has 20 heavy (non-hydrogen) atoms. The van der Waals surface area contributed by atoms with Crippen molar-refractivity contribution < 1.29 is 27.5 Å². The number of aliphatic hydroxyl groups is 1. The Morgan fingerprint density at radius 3 is 2.65 bits per heavy atom. The van der Waals surface area contributed by atoms with Crippen molar-refractivity contribution in [2.75, 3.05) is 19.7 Å². The molecule has 0 aliphatic rings. The van der Waals surface area contributed by atoms with Crippen molar-refractivity contribution in [3.05, 3.63) is 36.1 Å². The summed E-state index contributed by atoms with van der Waals surface area (Å²) < 4.78 is 42.5. The van der Waals surface area contributed by atoms with Gasteiger partial charge in [0.05, 0.1) is 12.2 Å². The molecule has 0 aliphatic heterocycles. The number of hydrogen-bond acceptors (Lipinski definition) is 3. The van der Waals surface area contributed by atoms with Gasteiger partial charge in [-0.1, -0.05) is 18.2 Å². The Labute approximate surface area is 112 Å². The van der Waals surface area contributed by atoms with E-state index in [1.807, 2.05) is 0 Å². The van der Waals surface area contributed by atoms with Gasteiger partial charge in [-0.15, -0.1) is 0 Å². The fourth-order valence-corrected chi connectivity index (χ4v) is 1.90. The van der Waals surface area contributed by atoms with E-state index in [9.17, 15) is 18.0 Å². The van der Waals surface area contributed by atoms with Crippen LogP contribution in [0.5, 0.6) is 0 Å². The predicted octanol–water partition coefficient (Wildman–Crippen LogP) is 2.43. The lowest BCUT2D eigenvalue weighted by Crippen LogP contribution is -2.40. The molecule has 0 aliphatic carbocycles. The van der Waals surface area contributed by atoms with E-state index in [-0.39, 0.29) is 5.56 Å². The van der Waals surface area contributed by atoms with Crippen LogP contribution in [0.3, 0.4) is 0 Å². The van der Waals surface area contributed by atoms with E-state index >= 15 is 0 Å². The van der Waals surface area contributed by atoms with Crippen molar-refractivity contribution in [3.8, 4) is 0 Å². The van der Waals surface area contributed by atoms with Crippen LogP contribution in [0.1, 0.15) is 10.4 Å². The van der Waals surface area contributed by atoms with E-state index in [4.69, 9.17) is 9.52 Å². The third-order valence-corrected chi connectivity index (χ3v) is 2.74. The highest BCUT2D eigenvalue weighted by Gasteiger charge is 2.33. The standard InChI is InChI=1S/C13H12F3NO3/c14-13(15,16)8-17(5-6-18)12(19)10-7-20-11-4-2-1-3-9(10)11/h1-4,7,18H,5-6,8H2. The molecule has 1 amide bonds. The SMILES string of the molecule is O=C(c1coc2ccccc12)N(CCO)CC(F)(F)F. The maximum atomic E-state index is 12.4. The van der Waals surface area contributed by atoms with Crippen LogP contribution in [-0.4, -0.2) is 41.8 Å². The molecule has 0 unspecified atom stereocenters. The molecule has 2 rings (SSSR count). The zero-order valence-corrected chi connectivity index (χ0v) is 10.4. The van der Waals surface area contributed by atoms with Gasteiger partial charge in [0.25, 0.3) is 5.91 Å². The van der Waals surface area contributed by atoms with Crippen LogP contribution in [0.25, 0.3) is 11.0 Å². The normalized spacial score (nSPS) is 11.8. The number of rotatable bonds is 4. The van der Waals surface area contributed by atoms with E-state index in [0.717, 1.165) is 6.26 Å². The number of para-hydroxylation sites is 1. The minimum atomic E-state index is -4.52. The van der Waals surface area contributed by atoms with E-state index in [1.54, 1.807) is 24.3 Å². The second kappa shape index (κ2) is 5.54. The van der Waals surface area contributed by atoms with E-state index in [2.05, 4.69) is 0 Å². The summed E-state index contributed by atoms with van der Waals surface area (Å²) in [5.74, 6) is -0.818. The van der Waals surface area contributed by atoms with Crippen molar-refractivity contribution in [1.29, 1.82) is 0 Å². The Morgan fingerprint density at radius 2 is 2.00 bits per heavy atom. The number of hydrogen-bond donors (Lipinski definition) is 1. The van der Waals surface area contributed by atoms with Gasteiger partial charge in [-0.2, -0.15) is 13.2 Å². The maximum absolute atomic E-state index is 12.4. The Hall–Kier alpha value is -2.02. The predicted molar refractivity (Wildman–Crippen MR) is 65.3 cm³/mol. The number of amides is 1. The molecule has 1 heterocycles. The summed E-state index contributed by atoms with van der Waals surface area (Å²) in [5, 5.41) is 9.26. The summed E-state index contributed by atoms with van der Waals surface area (Å²) in [6.07, 6.45) is -3.39. The number of nitrogens with zero attached hydrogens (tertiary/aromatic N) is 1. The Kier molecular flexibility index (Phi) is 3.99. The van der Waals surface area contributed by atoms with Gasteiger partial charge in [-0.05, 0) is 6.07 Å². The highest BCUT2D eigenvalue weighted by Crippen LogP contribution is 2.24. The molecular weight excluding hydrogens is 275 g/mol. The molecule has 0 spiro atoms. The van der Waals surface area contributed by atoms with Crippen molar-refractivity contribution in [3.63, 3.8) is 0 Å². The summed E-state index contributed by atoms with van der Waals surface area (Å²) >= 11 is 0. The monoisotopic (exact) mass is 287 g/mol. The average Bonchev–Trinajstić information content (AvgIpc) is 2.79. The highest BCUT2D eigenvalue weighted by atomic mass is 19.4. The van der Waals surface area contributed by atoms with E-state index in [1.165, 1.54) is 0 Å². The smallest absolute Gasteiger partial charge is 0.406 e. The minimum Gasteiger partial charge on any atom is -0.463 e. The van der Waals surface area contributed by atoms with Crippen LogP contribution in [0.15, 0.2) is 34.9 Å². The van der Waals surface area contributed by atoms with Gasteiger partial charge in [0.1, 0.15) is 18.4 Å². The molecule has 0 radical (unpaired) electrons. The van der Waals surface area contributed by atoms with Crippen molar-refractivity contribution >= 4 is 16.9 Å². The molecule has 7 heteroatoms. The van der Waals surface area contributed by atoms with Gasteiger partial charge in [0.15, 0.2) is 0 Å². The van der Waals surface area contributed by atoms with Gasteiger partial charge in [0, 0.05) is 11.9 Å². The summed E-state index contributed by atoms with van der Waals surface area (Å²) in [6, 6.07) is 6.57. The molecule has 2 aromatic rings. The Balaban J connectivity index is 2.31. The lowest BCUT2D eigenvalue weighted by Gasteiger charge is -2.22. The Morgan fingerprint density at radius 1 is 1.30 bits per heavy atom. The molecule has 1 aromatic heterocycles. The van der Waals surface area contributed by atoms with Gasteiger partial charge in [-0.25, -0.2) is 0 Å². The molecule has 108 valence electrons. The topological polar surface area (TPSA) is 53.7 Å². The van der Waals surface area contributed by atoms with Crippen LogP contribution < -0.4 is 0 Å². The number of furan rings is 1. The lowest BCUT2D eigenvalue weighted by molar-refractivity contribution is -0.141. The summed E-state index contributed by atoms with van der Waals surface area (Å²) in [6.45, 7) is -2.35. The van der Waals surface area contributed by atoms with Crippen LogP contribution in [0, 0.1) is 0 Å². The first kappa shape index (κ1) is 14.4. The largest absolute Gasteiger partial charge is 0.463 e. The number of alkyl halides is 3. The first-order chi connectivity index (χ1) is 9.42. The average molecular weight is 287 g/mol. The quantitative estimate of drug-likeness (QED) is 0.939. The number of benzene rings is 1. The number of aliphatic hydroxyl groups excluding tert-OH is 1. The number of carbonyl (C=O) groups excluding carboxylic acids is 1. The fourth-order valence-electron chi connectivity index (χ4n) is 1.90. The van der Waals surface area contributed by atoms with Crippen LogP contribution >= 0.6 is 0 Å². The maximum Gasteiger partial charge on any atom is 0.406 e. The van der Waals surface area contributed by atoms with Gasteiger partial charge in [0.2, 0.25) is 0 Å². The number of carbonyl (C=O) groups is 1. The third kappa shape index (κ3) is 3.11. The second-order valence-corrected chi connectivity index (χ2v) is 4.21. The summed E-state index contributed by atoms with van der Waals surface area (Å²) in [4.78, 5) is 12.7. The van der Waals surface area contributed by atoms with Crippen molar-refractivity contribution in [2.45, 2.75) is 6.18 Å². The molecule has 0 fully saturated rings. The first-order valence-electron chi connectivity index (χ1n) is 5.85. The first-order valence-corrected chi connectivity index (χ1v) is 5.85. The van der Waals surface area contributed by atoms with Crippen molar-refractivity contribution in [2.24, 2.45) is 0 Å². The van der Waals surface area contributed by atoms with E-state index < -0.39 is 31.8 Å². The molecule has 4 nitrogen and oxygen atoms in total. The summed E-state index contributed by atoms with van der Waals surface area (Å²) in [7, 11) is 0. The van der Waals surface area contributed by atoms with Gasteiger partial charge >= 0.3 is 6.18 Å². The zero-order chi connectivity index (χ0) is 14.8. The molecule has 1 N–H and O–H groups in total. The highest BCUT2D eigenvalue weighted by molar-refractivity contribution is 6.05. The van der Waals surface area contributed by atoms with Gasteiger partial charge < -0.3 is 14.4 Å². The van der Waals surface area contributed by atoms with E-state index in [0.29, 0.717) is 15.9 Å². The van der Waals surface area contributed by atoms with Crippen LogP contribution in [-0.2, 0) is 0 Å². The molecule has 1 aromatic carbocycles. The van der Waals surface area contributed by atoms with Crippen molar-refractivity contribution in [1.82, 2.24) is 4.90 Å². The summed E-state index contributed by atoms with van der Waals surface area (Å²) in [5.41, 5.74) is 0.477. The van der Waals surface area contributed by atoms with Crippen LogP contribution in [0.2, 0.25) is 0 Å². The molecular formula is C13H12F3NO3. The number of fused-ring (bicyclic) bond motifs is 1. The molecule has 0 bridgehead atoms. The lowest BCUT2D eigenvalue weighted by atomic mass is 10.1. The van der Waals surface area contributed by atoms with Gasteiger partial charge in [-0.3, -0.25) is 4.79 Å². The third-order valence-electron chi connectivity index (χ3n) is 2.74. The minimum absolute atomic E-state index is 0.0540. The zero-order valence-electron chi connectivity index (χ0n) is 10.4.